The number of nitrogens with two attached hydrogens (primary N) is 1. The summed E-state index contributed by atoms with van der Waals surface area (Å²) >= 11 is 7.62. The zero-order valence-corrected chi connectivity index (χ0v) is 9.19. The largest absolute Gasteiger partial charge is 0.375 e. The number of hydrogen-bond acceptors (Lipinski definition) is 3. The Labute approximate surface area is 91.4 Å². The molecule has 2 N–H and O–H groups in total. The van der Waals surface area contributed by atoms with Crippen LogP contribution in [0.5, 0.6) is 0 Å². The van der Waals surface area contributed by atoms with Crippen molar-refractivity contribution in [3.05, 3.63) is 35.0 Å². The van der Waals surface area contributed by atoms with Gasteiger partial charge in [0.1, 0.15) is 0 Å². The van der Waals surface area contributed by atoms with E-state index in [-0.39, 0.29) is 0 Å². The standard InChI is InChI=1S/C10H9ClN2S/c1-6-3-2-4-7(9(6)11)8-5-13-10(12)14-8/h2-5H,1H3,(H2,12,13). The molecule has 2 aromatic rings. The van der Waals surface area contributed by atoms with E-state index in [2.05, 4.69) is 4.98 Å². The lowest BCUT2D eigenvalue weighted by Crippen LogP contribution is -1.79. The second-order valence-corrected chi connectivity index (χ2v) is 4.44. The van der Waals surface area contributed by atoms with Gasteiger partial charge in [0, 0.05) is 11.8 Å². The number of aryl methyl sites for hydroxylation is 1. The van der Waals surface area contributed by atoms with Gasteiger partial charge in [0.25, 0.3) is 0 Å². The van der Waals surface area contributed by atoms with Gasteiger partial charge in [-0.1, -0.05) is 41.1 Å². The molecule has 14 heavy (non-hydrogen) atoms. The van der Waals surface area contributed by atoms with E-state index in [0.29, 0.717) is 5.13 Å². The molecule has 0 atom stereocenters. The minimum atomic E-state index is 0.567. The number of anilines is 1. The molecule has 0 aliphatic rings. The summed E-state index contributed by atoms with van der Waals surface area (Å²) in [4.78, 5) is 5.01. The molecule has 0 aliphatic heterocycles. The molecule has 0 radical (unpaired) electrons. The fraction of sp³-hybridized carbons (Fsp3) is 0.100. The number of halogens is 1. The summed E-state index contributed by atoms with van der Waals surface area (Å²) in [5, 5.41) is 1.34. The normalized spacial score (nSPS) is 10.4. The van der Waals surface area contributed by atoms with Crippen LogP contribution in [0.25, 0.3) is 10.4 Å². The summed E-state index contributed by atoms with van der Waals surface area (Å²) in [5.74, 6) is 0. The van der Waals surface area contributed by atoms with E-state index in [1.165, 1.54) is 11.3 Å². The van der Waals surface area contributed by atoms with Crippen molar-refractivity contribution in [3.63, 3.8) is 0 Å². The molecule has 0 aliphatic carbocycles. The van der Waals surface area contributed by atoms with Crippen LogP contribution in [-0.2, 0) is 0 Å². The van der Waals surface area contributed by atoms with Crippen molar-refractivity contribution in [2.75, 3.05) is 5.73 Å². The molecular weight excluding hydrogens is 216 g/mol. The highest BCUT2D eigenvalue weighted by Crippen LogP contribution is 2.34. The molecule has 2 nitrogen and oxygen atoms in total. The maximum atomic E-state index is 6.18. The topological polar surface area (TPSA) is 38.9 Å². The summed E-state index contributed by atoms with van der Waals surface area (Å²) in [6, 6.07) is 5.94. The Kier molecular flexibility index (Phi) is 2.44. The predicted molar refractivity (Wildman–Crippen MR) is 61.7 cm³/mol. The summed E-state index contributed by atoms with van der Waals surface area (Å²) in [7, 11) is 0. The second-order valence-electron chi connectivity index (χ2n) is 3.00. The maximum Gasteiger partial charge on any atom is 0.180 e. The van der Waals surface area contributed by atoms with Crippen molar-refractivity contribution in [1.82, 2.24) is 4.98 Å². The van der Waals surface area contributed by atoms with Crippen molar-refractivity contribution < 1.29 is 0 Å². The smallest absolute Gasteiger partial charge is 0.180 e. The molecule has 0 spiro atoms. The van der Waals surface area contributed by atoms with Gasteiger partial charge in [0.2, 0.25) is 0 Å². The first-order chi connectivity index (χ1) is 6.68. The third-order valence-corrected chi connectivity index (χ3v) is 3.34. The predicted octanol–water partition coefficient (Wildman–Crippen LogP) is 3.35. The van der Waals surface area contributed by atoms with E-state index in [9.17, 15) is 0 Å². The first-order valence-electron chi connectivity index (χ1n) is 4.15. The fourth-order valence-corrected chi connectivity index (χ4v) is 2.25. The first-order valence-corrected chi connectivity index (χ1v) is 5.34. The molecule has 1 aromatic heterocycles. The average Bonchev–Trinajstić information content (AvgIpc) is 2.57. The monoisotopic (exact) mass is 224 g/mol. The van der Waals surface area contributed by atoms with Gasteiger partial charge in [0.15, 0.2) is 5.13 Å². The highest BCUT2D eigenvalue weighted by atomic mass is 35.5. The van der Waals surface area contributed by atoms with Crippen LogP contribution < -0.4 is 5.73 Å². The number of thiazole rings is 1. The Morgan fingerprint density at radius 2 is 2.21 bits per heavy atom. The van der Waals surface area contributed by atoms with Crippen molar-refractivity contribution in [1.29, 1.82) is 0 Å². The van der Waals surface area contributed by atoms with Crippen LogP contribution in [0.1, 0.15) is 5.56 Å². The SMILES string of the molecule is Cc1cccc(-c2cnc(N)s2)c1Cl. The number of nitrogens with zero attached hydrogens (tertiary/aromatic N) is 1. The van der Waals surface area contributed by atoms with Crippen LogP contribution in [0.3, 0.4) is 0 Å². The van der Waals surface area contributed by atoms with Gasteiger partial charge in [-0.05, 0) is 12.5 Å². The van der Waals surface area contributed by atoms with E-state index in [4.69, 9.17) is 17.3 Å². The quantitative estimate of drug-likeness (QED) is 0.807. The summed E-state index contributed by atoms with van der Waals surface area (Å²) in [6.07, 6.45) is 1.75. The molecule has 0 fully saturated rings. The third kappa shape index (κ3) is 1.61. The van der Waals surface area contributed by atoms with Crippen LogP contribution in [0.15, 0.2) is 24.4 Å². The van der Waals surface area contributed by atoms with E-state index < -0.39 is 0 Å². The second kappa shape index (κ2) is 3.59. The molecule has 0 unspecified atom stereocenters. The Morgan fingerprint density at radius 1 is 1.43 bits per heavy atom. The van der Waals surface area contributed by atoms with Crippen molar-refractivity contribution in [2.45, 2.75) is 6.92 Å². The molecule has 0 bridgehead atoms. The van der Waals surface area contributed by atoms with Crippen LogP contribution in [0.4, 0.5) is 5.13 Å². The number of nitrogen functional groups attached to an aromatic ring is 1. The Hall–Kier alpha value is -1.06. The zero-order valence-electron chi connectivity index (χ0n) is 7.62. The Bertz CT molecular complexity index is 465. The highest BCUT2D eigenvalue weighted by Gasteiger charge is 2.07. The zero-order chi connectivity index (χ0) is 10.1. The average molecular weight is 225 g/mol. The first kappa shape index (κ1) is 9.49. The highest BCUT2D eigenvalue weighted by molar-refractivity contribution is 7.18. The van der Waals surface area contributed by atoms with E-state index in [1.54, 1.807) is 6.20 Å². The Morgan fingerprint density at radius 3 is 2.86 bits per heavy atom. The van der Waals surface area contributed by atoms with Gasteiger partial charge in [-0.3, -0.25) is 0 Å². The molecule has 0 saturated heterocycles. The number of rotatable bonds is 1. The number of benzene rings is 1. The third-order valence-electron chi connectivity index (χ3n) is 1.98. The fourth-order valence-electron chi connectivity index (χ4n) is 1.25. The van der Waals surface area contributed by atoms with Crippen LogP contribution in [0, 0.1) is 6.92 Å². The molecule has 4 heteroatoms. The molecule has 2 rings (SSSR count). The molecule has 72 valence electrons. The van der Waals surface area contributed by atoms with Gasteiger partial charge in [-0.15, -0.1) is 0 Å². The van der Waals surface area contributed by atoms with Crippen LogP contribution >= 0.6 is 22.9 Å². The van der Waals surface area contributed by atoms with Crippen LogP contribution in [-0.4, -0.2) is 4.98 Å². The van der Waals surface area contributed by atoms with Gasteiger partial charge < -0.3 is 5.73 Å². The van der Waals surface area contributed by atoms with Gasteiger partial charge in [-0.25, -0.2) is 4.98 Å². The lowest BCUT2D eigenvalue weighted by molar-refractivity contribution is 1.42. The minimum absolute atomic E-state index is 0.567. The lowest BCUT2D eigenvalue weighted by atomic mass is 10.1. The summed E-state index contributed by atoms with van der Waals surface area (Å²) < 4.78 is 0. The van der Waals surface area contributed by atoms with Gasteiger partial charge in [-0.2, -0.15) is 0 Å². The summed E-state index contributed by atoms with van der Waals surface area (Å²) in [5.41, 5.74) is 7.64. The molecule has 1 aromatic carbocycles. The van der Waals surface area contributed by atoms with Gasteiger partial charge in [0.05, 0.1) is 9.90 Å². The Balaban J connectivity index is 2.57. The van der Waals surface area contributed by atoms with E-state index >= 15 is 0 Å². The molecule has 0 amide bonds. The van der Waals surface area contributed by atoms with Crippen LogP contribution in [0.2, 0.25) is 5.02 Å². The molecular formula is C10H9ClN2S. The van der Waals surface area contributed by atoms with Crippen molar-refractivity contribution in [3.8, 4) is 10.4 Å². The number of aromatic nitrogens is 1. The lowest BCUT2D eigenvalue weighted by Gasteiger charge is -2.02. The maximum absolute atomic E-state index is 6.18. The van der Waals surface area contributed by atoms with E-state index in [0.717, 1.165) is 21.0 Å². The summed E-state index contributed by atoms with van der Waals surface area (Å²) in [6.45, 7) is 1.98. The van der Waals surface area contributed by atoms with E-state index in [1.807, 2.05) is 25.1 Å². The minimum Gasteiger partial charge on any atom is -0.375 e. The molecule has 0 saturated carbocycles. The molecule has 1 heterocycles. The number of hydrogen-bond donors (Lipinski definition) is 1. The van der Waals surface area contributed by atoms with Crippen molar-refractivity contribution in [2.24, 2.45) is 0 Å². The van der Waals surface area contributed by atoms with Crippen molar-refractivity contribution >= 4 is 28.1 Å². The van der Waals surface area contributed by atoms with Gasteiger partial charge >= 0.3 is 0 Å².